The van der Waals surface area contributed by atoms with Crippen molar-refractivity contribution in [2.45, 2.75) is 9.79 Å². The molecule has 0 bridgehead atoms. The lowest BCUT2D eigenvalue weighted by atomic mass is 10.0. The molecule has 0 radical (unpaired) electrons. The zero-order chi connectivity index (χ0) is 43.7. The molecule has 0 saturated heterocycles. The summed E-state index contributed by atoms with van der Waals surface area (Å²) in [6.07, 6.45) is 0. The fourth-order valence-corrected chi connectivity index (χ4v) is 7.86. The highest BCUT2D eigenvalue weighted by atomic mass is 32.2. The van der Waals surface area contributed by atoms with Crippen LogP contribution in [0.15, 0.2) is 192 Å². The fraction of sp³-hybridized carbons (Fsp3) is 0. The molecule has 0 aromatic heterocycles. The second-order valence-electron chi connectivity index (χ2n) is 13.3. The Balaban J connectivity index is 0.899. The lowest BCUT2D eigenvalue weighted by Gasteiger charge is -2.12. The summed E-state index contributed by atoms with van der Waals surface area (Å²) in [6, 6.07) is 44.4. The van der Waals surface area contributed by atoms with Gasteiger partial charge in [0.1, 0.15) is 21.3 Å². The minimum absolute atomic E-state index is 0.116. The van der Waals surface area contributed by atoms with Gasteiger partial charge in [0.05, 0.1) is 0 Å². The van der Waals surface area contributed by atoms with Crippen molar-refractivity contribution in [1.82, 2.24) is 0 Å². The van der Waals surface area contributed by atoms with Crippen molar-refractivity contribution in [3.05, 3.63) is 204 Å². The standard InChI is InChI=1S/C46H34N4O10S2/c51-43(31-8-3-1-4-9-31)33-14-18-35(19-15-33)47-45(53)49-37-22-26-39(27-23-37)59-61(55,56)41-12-7-13-42(30-41)62(57,58)60-40-28-24-38(25-29-40)50-46(54)48-36-20-16-34(17-21-36)44(52)32-10-5-2-6-11-32/h1-30H,(H2,47,49,53)(H2,48,50,54). The Morgan fingerprint density at radius 1 is 0.339 bits per heavy atom. The van der Waals surface area contributed by atoms with Gasteiger partial charge in [-0.15, -0.1) is 0 Å². The molecule has 4 N–H and O–H groups in total. The van der Waals surface area contributed by atoms with Crippen LogP contribution < -0.4 is 29.6 Å². The van der Waals surface area contributed by atoms with E-state index in [-0.39, 0.29) is 23.1 Å². The van der Waals surface area contributed by atoms with E-state index in [4.69, 9.17) is 8.37 Å². The van der Waals surface area contributed by atoms with E-state index in [1.165, 1.54) is 54.6 Å². The molecule has 0 spiro atoms. The van der Waals surface area contributed by atoms with Gasteiger partial charge in [0.15, 0.2) is 11.6 Å². The Labute approximate surface area is 356 Å². The molecule has 16 heteroatoms. The molecule has 0 fully saturated rings. The number of hydrogen-bond donors (Lipinski definition) is 4. The summed E-state index contributed by atoms with van der Waals surface area (Å²) >= 11 is 0. The number of amides is 4. The van der Waals surface area contributed by atoms with E-state index >= 15 is 0 Å². The number of carbonyl (C=O) groups is 4. The first-order valence-corrected chi connectivity index (χ1v) is 21.4. The fourth-order valence-electron chi connectivity index (χ4n) is 5.83. The Morgan fingerprint density at radius 3 is 0.952 bits per heavy atom. The van der Waals surface area contributed by atoms with Crippen molar-refractivity contribution in [2.75, 3.05) is 21.3 Å². The summed E-state index contributed by atoms with van der Waals surface area (Å²) in [7, 11) is -9.07. The number of ketones is 2. The second kappa shape index (κ2) is 18.5. The maximum atomic E-state index is 13.2. The van der Waals surface area contributed by atoms with Crippen molar-refractivity contribution in [3.63, 3.8) is 0 Å². The van der Waals surface area contributed by atoms with Gasteiger partial charge in [-0.1, -0.05) is 66.7 Å². The van der Waals surface area contributed by atoms with E-state index in [0.29, 0.717) is 45.0 Å². The Hall–Kier alpha value is -8.08. The molecule has 0 aliphatic heterocycles. The molecular weight excluding hydrogens is 833 g/mol. The summed E-state index contributed by atoms with van der Waals surface area (Å²) < 4.78 is 63.2. The lowest BCUT2D eigenvalue weighted by molar-refractivity contribution is 0.103. The third-order valence-electron chi connectivity index (χ3n) is 8.90. The van der Waals surface area contributed by atoms with Gasteiger partial charge in [0.25, 0.3) is 0 Å². The highest BCUT2D eigenvalue weighted by Crippen LogP contribution is 2.26. The van der Waals surface area contributed by atoms with E-state index in [9.17, 15) is 36.0 Å². The number of urea groups is 2. The van der Waals surface area contributed by atoms with Crippen LogP contribution in [0, 0.1) is 0 Å². The minimum atomic E-state index is -4.54. The van der Waals surface area contributed by atoms with Crippen molar-refractivity contribution in [1.29, 1.82) is 0 Å². The van der Waals surface area contributed by atoms with Crippen molar-refractivity contribution < 1.29 is 44.4 Å². The largest absolute Gasteiger partial charge is 0.379 e. The molecule has 0 heterocycles. The van der Waals surface area contributed by atoms with Crippen LogP contribution in [-0.4, -0.2) is 40.5 Å². The van der Waals surface area contributed by atoms with E-state index in [2.05, 4.69) is 21.3 Å². The first kappa shape index (κ1) is 42.1. The van der Waals surface area contributed by atoms with Crippen LogP contribution in [0.3, 0.4) is 0 Å². The molecule has 0 atom stereocenters. The molecule has 62 heavy (non-hydrogen) atoms. The molecule has 0 unspecified atom stereocenters. The van der Waals surface area contributed by atoms with Gasteiger partial charge in [0.2, 0.25) is 0 Å². The van der Waals surface area contributed by atoms with Gasteiger partial charge >= 0.3 is 32.3 Å². The van der Waals surface area contributed by atoms with E-state index in [1.807, 2.05) is 12.1 Å². The molecule has 7 aromatic rings. The molecule has 0 aliphatic carbocycles. The average molecular weight is 867 g/mol. The SMILES string of the molecule is O=C(Nc1ccc(OS(=O)(=O)c2cccc(S(=O)(=O)Oc3ccc(NC(=O)Nc4ccc(C(=O)c5ccccc5)cc4)cc3)c2)cc1)Nc1ccc(C(=O)c2ccccc2)cc1. The zero-order valence-corrected chi connectivity index (χ0v) is 33.9. The zero-order valence-electron chi connectivity index (χ0n) is 32.2. The number of nitrogens with one attached hydrogen (secondary N) is 4. The quantitative estimate of drug-likeness (QED) is 0.0604. The summed E-state index contributed by atoms with van der Waals surface area (Å²) in [5.74, 6) is -0.545. The van der Waals surface area contributed by atoms with E-state index < -0.39 is 42.1 Å². The highest BCUT2D eigenvalue weighted by Gasteiger charge is 2.23. The smallest absolute Gasteiger partial charge is 0.339 e. The predicted octanol–water partition coefficient (Wildman–Crippen LogP) is 8.97. The highest BCUT2D eigenvalue weighted by molar-refractivity contribution is 7.88. The van der Waals surface area contributed by atoms with Gasteiger partial charge in [0, 0.05) is 45.0 Å². The van der Waals surface area contributed by atoms with Crippen LogP contribution in [-0.2, 0) is 20.2 Å². The van der Waals surface area contributed by atoms with Crippen LogP contribution in [0.1, 0.15) is 31.8 Å². The van der Waals surface area contributed by atoms with Crippen LogP contribution in [0.2, 0.25) is 0 Å². The van der Waals surface area contributed by atoms with Gasteiger partial charge in [-0.3, -0.25) is 9.59 Å². The number of rotatable bonds is 14. The topological polar surface area (TPSA) is 203 Å². The minimum Gasteiger partial charge on any atom is -0.379 e. The van der Waals surface area contributed by atoms with Gasteiger partial charge in [-0.2, -0.15) is 16.8 Å². The Kier molecular flexibility index (Phi) is 12.5. The van der Waals surface area contributed by atoms with Crippen molar-refractivity contribution in [2.24, 2.45) is 0 Å². The van der Waals surface area contributed by atoms with Gasteiger partial charge in [-0.05, 0) is 115 Å². The van der Waals surface area contributed by atoms with Crippen LogP contribution >= 0.6 is 0 Å². The van der Waals surface area contributed by atoms with E-state index in [0.717, 1.165) is 18.2 Å². The molecule has 7 aromatic carbocycles. The second-order valence-corrected chi connectivity index (χ2v) is 16.4. The molecular formula is C46H34N4O10S2. The van der Waals surface area contributed by atoms with Gasteiger partial charge < -0.3 is 29.6 Å². The summed E-state index contributed by atoms with van der Waals surface area (Å²) in [4.78, 5) is 49.6. The molecule has 0 saturated carbocycles. The first-order valence-electron chi connectivity index (χ1n) is 18.6. The normalized spacial score (nSPS) is 11.1. The van der Waals surface area contributed by atoms with Gasteiger partial charge in [-0.25, -0.2) is 9.59 Å². The number of carbonyl (C=O) groups excluding carboxylic acids is 4. The van der Waals surface area contributed by atoms with Crippen LogP contribution in [0.5, 0.6) is 11.5 Å². The average Bonchev–Trinajstić information content (AvgIpc) is 3.28. The van der Waals surface area contributed by atoms with E-state index in [1.54, 1.807) is 97.1 Å². The number of anilines is 4. The Bertz CT molecular complexity index is 2770. The van der Waals surface area contributed by atoms with Crippen molar-refractivity contribution in [3.8, 4) is 11.5 Å². The molecule has 7 rings (SSSR count). The third kappa shape index (κ3) is 10.7. The monoisotopic (exact) mass is 866 g/mol. The molecule has 14 nitrogen and oxygen atoms in total. The van der Waals surface area contributed by atoms with Crippen LogP contribution in [0.4, 0.5) is 32.3 Å². The third-order valence-corrected chi connectivity index (χ3v) is 11.4. The van der Waals surface area contributed by atoms with Crippen LogP contribution in [0.25, 0.3) is 0 Å². The summed E-state index contributed by atoms with van der Waals surface area (Å²) in [6.45, 7) is 0. The molecule has 4 amide bonds. The summed E-state index contributed by atoms with van der Waals surface area (Å²) in [5.41, 5.74) is 3.46. The predicted molar refractivity (Wildman–Crippen MR) is 233 cm³/mol. The first-order chi connectivity index (χ1) is 29.8. The number of benzene rings is 7. The van der Waals surface area contributed by atoms with Crippen molar-refractivity contribution >= 4 is 66.6 Å². The maximum Gasteiger partial charge on any atom is 0.339 e. The maximum absolute atomic E-state index is 13.2. The molecule has 310 valence electrons. The molecule has 0 aliphatic rings. The Morgan fingerprint density at radius 2 is 0.629 bits per heavy atom. The lowest BCUT2D eigenvalue weighted by Crippen LogP contribution is -2.19. The number of hydrogen-bond acceptors (Lipinski definition) is 10. The summed E-state index contributed by atoms with van der Waals surface area (Å²) in [5, 5.41) is 10.5.